The van der Waals surface area contributed by atoms with Gasteiger partial charge in [0.2, 0.25) is 0 Å². The molecular weight excluding hydrogens is 230 g/mol. The minimum atomic E-state index is -0.303. The van der Waals surface area contributed by atoms with Crippen LogP contribution in [0.5, 0.6) is 0 Å². The van der Waals surface area contributed by atoms with E-state index in [4.69, 9.17) is 10.5 Å². The van der Waals surface area contributed by atoms with Crippen molar-refractivity contribution in [2.75, 3.05) is 24.6 Å². The van der Waals surface area contributed by atoms with E-state index >= 15 is 0 Å². The van der Waals surface area contributed by atoms with Gasteiger partial charge in [0, 0.05) is 25.3 Å². The van der Waals surface area contributed by atoms with Crippen LogP contribution in [0.4, 0.5) is 5.82 Å². The monoisotopic (exact) mass is 249 g/mol. The predicted octanol–water partition coefficient (Wildman–Crippen LogP) is 1.19. The maximum absolute atomic E-state index is 11.7. The predicted molar refractivity (Wildman–Crippen MR) is 69.6 cm³/mol. The van der Waals surface area contributed by atoms with Gasteiger partial charge in [0.25, 0.3) is 0 Å². The number of esters is 1. The molecule has 0 spiro atoms. The van der Waals surface area contributed by atoms with Gasteiger partial charge in [-0.1, -0.05) is 0 Å². The number of nitrogens with two attached hydrogens (primary N) is 1. The van der Waals surface area contributed by atoms with E-state index in [0.29, 0.717) is 12.2 Å². The molecule has 5 heteroatoms. The van der Waals surface area contributed by atoms with Gasteiger partial charge in [-0.15, -0.1) is 0 Å². The van der Waals surface area contributed by atoms with Crippen LogP contribution < -0.4 is 10.6 Å². The molecule has 1 aliphatic rings. The number of anilines is 1. The van der Waals surface area contributed by atoms with Crippen molar-refractivity contribution < 1.29 is 9.53 Å². The molecule has 1 saturated heterocycles. The van der Waals surface area contributed by atoms with Crippen molar-refractivity contribution in [1.82, 2.24) is 4.98 Å². The smallest absolute Gasteiger partial charge is 0.338 e. The molecule has 2 rings (SSSR count). The number of aromatic nitrogens is 1. The van der Waals surface area contributed by atoms with Gasteiger partial charge in [-0.3, -0.25) is 0 Å². The summed E-state index contributed by atoms with van der Waals surface area (Å²) in [5, 5.41) is 0. The summed E-state index contributed by atoms with van der Waals surface area (Å²) in [6, 6.07) is 3.63. The molecule has 1 fully saturated rings. The van der Waals surface area contributed by atoms with Crippen molar-refractivity contribution in [2.24, 2.45) is 5.73 Å². The molecule has 0 aromatic carbocycles. The van der Waals surface area contributed by atoms with Gasteiger partial charge < -0.3 is 15.4 Å². The van der Waals surface area contributed by atoms with Crippen LogP contribution in [0, 0.1) is 0 Å². The largest absolute Gasteiger partial charge is 0.462 e. The molecule has 1 aliphatic heterocycles. The number of piperidine rings is 1. The molecule has 0 bridgehead atoms. The summed E-state index contributed by atoms with van der Waals surface area (Å²) in [6.07, 6.45) is 3.75. The topological polar surface area (TPSA) is 68.5 Å². The Kier molecular flexibility index (Phi) is 4.15. The highest BCUT2D eigenvalue weighted by molar-refractivity contribution is 5.90. The lowest BCUT2D eigenvalue weighted by Crippen LogP contribution is -2.43. The first kappa shape index (κ1) is 12.8. The second-order valence-corrected chi connectivity index (χ2v) is 4.47. The summed E-state index contributed by atoms with van der Waals surface area (Å²) in [5.74, 6) is 0.498. The molecule has 0 amide bonds. The summed E-state index contributed by atoms with van der Waals surface area (Å²) in [7, 11) is 0. The Hall–Kier alpha value is -1.62. The first-order valence-electron chi connectivity index (χ1n) is 6.34. The Morgan fingerprint density at radius 2 is 2.50 bits per heavy atom. The molecule has 0 aliphatic carbocycles. The third-order valence-corrected chi connectivity index (χ3v) is 3.04. The molecule has 0 saturated carbocycles. The van der Waals surface area contributed by atoms with E-state index in [2.05, 4.69) is 9.88 Å². The number of pyridine rings is 1. The molecule has 98 valence electrons. The Bertz CT molecular complexity index is 422. The summed E-state index contributed by atoms with van der Waals surface area (Å²) >= 11 is 0. The zero-order chi connectivity index (χ0) is 13.0. The van der Waals surface area contributed by atoms with Gasteiger partial charge in [0.15, 0.2) is 0 Å². The van der Waals surface area contributed by atoms with Crippen LogP contribution in [0.1, 0.15) is 30.1 Å². The fourth-order valence-electron chi connectivity index (χ4n) is 2.15. The number of hydrogen-bond donors (Lipinski definition) is 1. The van der Waals surface area contributed by atoms with E-state index < -0.39 is 0 Å². The van der Waals surface area contributed by atoms with Gasteiger partial charge in [-0.25, -0.2) is 9.78 Å². The van der Waals surface area contributed by atoms with E-state index in [9.17, 15) is 4.79 Å². The Morgan fingerprint density at radius 3 is 3.22 bits per heavy atom. The number of ether oxygens (including phenoxy) is 1. The van der Waals surface area contributed by atoms with E-state index in [1.54, 1.807) is 25.3 Å². The minimum Gasteiger partial charge on any atom is -0.462 e. The number of carbonyl (C=O) groups is 1. The molecule has 18 heavy (non-hydrogen) atoms. The third kappa shape index (κ3) is 2.98. The van der Waals surface area contributed by atoms with Crippen LogP contribution in [0.25, 0.3) is 0 Å². The van der Waals surface area contributed by atoms with Crippen LogP contribution in [-0.2, 0) is 4.74 Å². The number of nitrogens with zero attached hydrogens (tertiary/aromatic N) is 2. The highest BCUT2D eigenvalue weighted by Gasteiger charge is 2.19. The molecule has 1 unspecified atom stereocenters. The minimum absolute atomic E-state index is 0.187. The van der Waals surface area contributed by atoms with Crippen LogP contribution in [0.15, 0.2) is 18.3 Å². The number of carbonyl (C=O) groups excluding carboxylic acids is 1. The zero-order valence-corrected chi connectivity index (χ0v) is 10.6. The maximum Gasteiger partial charge on any atom is 0.338 e. The summed E-state index contributed by atoms with van der Waals surface area (Å²) in [5.41, 5.74) is 6.49. The van der Waals surface area contributed by atoms with Crippen LogP contribution in [0.2, 0.25) is 0 Å². The Labute approximate surface area is 107 Å². The van der Waals surface area contributed by atoms with Gasteiger partial charge >= 0.3 is 5.97 Å². The quantitative estimate of drug-likeness (QED) is 0.815. The molecular formula is C13H19N3O2. The Morgan fingerprint density at radius 1 is 1.67 bits per heavy atom. The third-order valence-electron chi connectivity index (χ3n) is 3.04. The highest BCUT2D eigenvalue weighted by Crippen LogP contribution is 2.18. The molecule has 2 heterocycles. The second kappa shape index (κ2) is 5.82. The lowest BCUT2D eigenvalue weighted by Gasteiger charge is -2.31. The van der Waals surface area contributed by atoms with Crippen LogP contribution in [0.3, 0.4) is 0 Å². The summed E-state index contributed by atoms with van der Waals surface area (Å²) in [4.78, 5) is 18.1. The van der Waals surface area contributed by atoms with Gasteiger partial charge in [-0.2, -0.15) is 0 Å². The van der Waals surface area contributed by atoms with Crippen LogP contribution in [-0.4, -0.2) is 36.7 Å². The number of hydrogen-bond acceptors (Lipinski definition) is 5. The average molecular weight is 249 g/mol. The zero-order valence-electron chi connectivity index (χ0n) is 10.6. The van der Waals surface area contributed by atoms with Crippen molar-refractivity contribution >= 4 is 11.8 Å². The first-order valence-corrected chi connectivity index (χ1v) is 6.34. The van der Waals surface area contributed by atoms with Gasteiger partial charge in [0.1, 0.15) is 5.82 Å². The molecule has 1 aromatic heterocycles. The normalized spacial score (nSPS) is 19.7. The average Bonchev–Trinajstić information content (AvgIpc) is 2.39. The van der Waals surface area contributed by atoms with Crippen molar-refractivity contribution in [3.8, 4) is 0 Å². The standard InChI is InChI=1S/C13H19N3O2/c1-2-18-13(17)10-5-6-15-12(8-10)16-7-3-4-11(14)9-16/h5-6,8,11H,2-4,7,9,14H2,1H3. The first-order chi connectivity index (χ1) is 8.70. The molecule has 1 atom stereocenters. The van der Waals surface area contributed by atoms with Crippen molar-refractivity contribution in [2.45, 2.75) is 25.8 Å². The molecule has 1 aromatic rings. The lowest BCUT2D eigenvalue weighted by molar-refractivity contribution is 0.0526. The fourth-order valence-corrected chi connectivity index (χ4v) is 2.15. The van der Waals surface area contributed by atoms with Crippen LogP contribution >= 0.6 is 0 Å². The SMILES string of the molecule is CCOC(=O)c1ccnc(N2CCCC(N)C2)c1. The van der Waals surface area contributed by atoms with Gasteiger partial charge in [-0.05, 0) is 31.9 Å². The molecule has 5 nitrogen and oxygen atoms in total. The van der Waals surface area contributed by atoms with E-state index in [1.807, 2.05) is 0 Å². The second-order valence-electron chi connectivity index (χ2n) is 4.47. The lowest BCUT2D eigenvalue weighted by atomic mass is 10.1. The molecule has 0 radical (unpaired) electrons. The Balaban J connectivity index is 2.13. The molecule has 2 N–H and O–H groups in total. The maximum atomic E-state index is 11.7. The van der Waals surface area contributed by atoms with Crippen molar-refractivity contribution in [3.05, 3.63) is 23.9 Å². The summed E-state index contributed by atoms with van der Waals surface area (Å²) in [6.45, 7) is 3.90. The fraction of sp³-hybridized carbons (Fsp3) is 0.538. The van der Waals surface area contributed by atoms with E-state index in [0.717, 1.165) is 31.7 Å². The van der Waals surface area contributed by atoms with Crippen molar-refractivity contribution in [1.29, 1.82) is 0 Å². The van der Waals surface area contributed by atoms with Gasteiger partial charge in [0.05, 0.1) is 12.2 Å². The van der Waals surface area contributed by atoms with Crippen molar-refractivity contribution in [3.63, 3.8) is 0 Å². The number of rotatable bonds is 3. The van der Waals surface area contributed by atoms with E-state index in [1.165, 1.54) is 0 Å². The highest BCUT2D eigenvalue weighted by atomic mass is 16.5. The summed E-state index contributed by atoms with van der Waals surface area (Å²) < 4.78 is 4.98. The van der Waals surface area contributed by atoms with E-state index in [-0.39, 0.29) is 12.0 Å².